The largest absolute Gasteiger partial charge is 0.355 e. The zero-order valence-electron chi connectivity index (χ0n) is 15.1. The van der Waals surface area contributed by atoms with Gasteiger partial charge in [-0.1, -0.05) is 37.3 Å². The van der Waals surface area contributed by atoms with Crippen molar-refractivity contribution in [3.8, 4) is 0 Å². The third-order valence-corrected chi connectivity index (χ3v) is 5.41. The fourth-order valence-corrected chi connectivity index (χ4v) is 3.67. The van der Waals surface area contributed by atoms with E-state index in [2.05, 4.69) is 17.1 Å². The number of hydrogen-bond donors (Lipinski definition) is 1. The lowest BCUT2D eigenvalue weighted by Crippen LogP contribution is -2.41. The van der Waals surface area contributed by atoms with Crippen molar-refractivity contribution >= 4 is 11.8 Å². The van der Waals surface area contributed by atoms with E-state index in [0.717, 1.165) is 31.1 Å². The molecule has 1 aromatic rings. The summed E-state index contributed by atoms with van der Waals surface area (Å²) in [7, 11) is 0. The van der Waals surface area contributed by atoms with Crippen molar-refractivity contribution in [3.05, 3.63) is 35.9 Å². The van der Waals surface area contributed by atoms with Gasteiger partial charge in [0.2, 0.25) is 11.8 Å². The Kier molecular flexibility index (Phi) is 6.08. The first kappa shape index (κ1) is 17.9. The Balaban J connectivity index is 1.40. The Labute approximate surface area is 150 Å². The van der Waals surface area contributed by atoms with Crippen LogP contribution in [0.3, 0.4) is 0 Å². The van der Waals surface area contributed by atoms with E-state index in [9.17, 15) is 9.59 Å². The molecule has 0 aromatic heterocycles. The Morgan fingerprint density at radius 2 is 1.92 bits per heavy atom. The van der Waals surface area contributed by atoms with Crippen molar-refractivity contribution in [1.82, 2.24) is 15.1 Å². The SMILES string of the molecule is CC1CCN(CCNC(=O)[C@@H]2CC(=O)N(Cc3ccccc3)C2)CC1. The van der Waals surface area contributed by atoms with Crippen molar-refractivity contribution in [2.24, 2.45) is 11.8 Å². The van der Waals surface area contributed by atoms with Crippen LogP contribution in [-0.4, -0.2) is 54.3 Å². The van der Waals surface area contributed by atoms with Gasteiger partial charge in [0, 0.05) is 32.6 Å². The smallest absolute Gasteiger partial charge is 0.225 e. The van der Waals surface area contributed by atoms with Crippen molar-refractivity contribution in [2.75, 3.05) is 32.7 Å². The minimum absolute atomic E-state index is 0.0225. The molecule has 2 aliphatic rings. The molecule has 1 aromatic carbocycles. The standard InChI is InChI=1S/C20H29N3O2/c1-16-7-10-22(11-8-16)12-9-21-20(25)18-13-19(24)23(15-18)14-17-5-3-2-4-6-17/h2-6,16,18H,7-15H2,1H3,(H,21,25)/t18-/m1/s1. The van der Waals surface area contributed by atoms with Gasteiger partial charge in [-0.25, -0.2) is 0 Å². The van der Waals surface area contributed by atoms with E-state index >= 15 is 0 Å². The van der Waals surface area contributed by atoms with Crippen molar-refractivity contribution in [2.45, 2.75) is 32.7 Å². The number of nitrogens with zero attached hydrogens (tertiary/aromatic N) is 2. The second-order valence-corrected chi connectivity index (χ2v) is 7.48. The van der Waals surface area contributed by atoms with Crippen LogP contribution in [0.5, 0.6) is 0 Å². The Bertz CT molecular complexity index is 582. The average Bonchev–Trinajstić information content (AvgIpc) is 2.98. The van der Waals surface area contributed by atoms with Crippen LogP contribution in [0.1, 0.15) is 31.7 Å². The monoisotopic (exact) mass is 343 g/mol. The molecule has 2 saturated heterocycles. The molecule has 3 rings (SSSR count). The van der Waals surface area contributed by atoms with Crippen LogP contribution in [-0.2, 0) is 16.1 Å². The van der Waals surface area contributed by atoms with Crippen LogP contribution in [0, 0.1) is 11.8 Å². The highest BCUT2D eigenvalue weighted by Crippen LogP contribution is 2.20. The number of likely N-dealkylation sites (tertiary alicyclic amines) is 2. The summed E-state index contributed by atoms with van der Waals surface area (Å²) in [4.78, 5) is 28.8. The lowest BCUT2D eigenvalue weighted by molar-refractivity contribution is -0.129. The van der Waals surface area contributed by atoms with E-state index < -0.39 is 0 Å². The first-order valence-corrected chi connectivity index (χ1v) is 9.43. The van der Waals surface area contributed by atoms with Crippen molar-refractivity contribution in [1.29, 1.82) is 0 Å². The number of rotatable bonds is 6. The zero-order chi connectivity index (χ0) is 17.6. The molecule has 0 bridgehead atoms. The number of hydrogen-bond acceptors (Lipinski definition) is 3. The Morgan fingerprint density at radius 3 is 2.64 bits per heavy atom. The average molecular weight is 343 g/mol. The predicted molar refractivity (Wildman–Crippen MR) is 97.8 cm³/mol. The van der Waals surface area contributed by atoms with Crippen LogP contribution in [0.2, 0.25) is 0 Å². The molecule has 1 atom stereocenters. The molecule has 0 radical (unpaired) electrons. The molecule has 0 saturated carbocycles. The molecule has 5 nitrogen and oxygen atoms in total. The summed E-state index contributed by atoms with van der Waals surface area (Å²) in [6.07, 6.45) is 2.83. The molecular formula is C20H29N3O2. The van der Waals surface area contributed by atoms with Crippen LogP contribution < -0.4 is 5.32 Å². The minimum Gasteiger partial charge on any atom is -0.355 e. The number of piperidine rings is 1. The van der Waals surface area contributed by atoms with E-state index in [-0.39, 0.29) is 17.7 Å². The fraction of sp³-hybridized carbons (Fsp3) is 0.600. The van der Waals surface area contributed by atoms with Gasteiger partial charge in [0.1, 0.15) is 0 Å². The van der Waals surface area contributed by atoms with E-state index in [1.165, 1.54) is 12.8 Å². The molecule has 5 heteroatoms. The lowest BCUT2D eigenvalue weighted by Gasteiger charge is -2.30. The number of carbonyl (C=O) groups excluding carboxylic acids is 2. The molecule has 0 aliphatic carbocycles. The molecule has 2 fully saturated rings. The highest BCUT2D eigenvalue weighted by Gasteiger charge is 2.34. The van der Waals surface area contributed by atoms with E-state index in [0.29, 0.717) is 26.1 Å². The quantitative estimate of drug-likeness (QED) is 0.858. The predicted octanol–water partition coefficient (Wildman–Crippen LogP) is 1.88. The van der Waals surface area contributed by atoms with Gasteiger partial charge in [-0.2, -0.15) is 0 Å². The number of nitrogens with one attached hydrogen (secondary N) is 1. The van der Waals surface area contributed by atoms with Gasteiger partial charge in [0.15, 0.2) is 0 Å². The highest BCUT2D eigenvalue weighted by atomic mass is 16.2. The van der Waals surface area contributed by atoms with Gasteiger partial charge in [-0.05, 0) is 37.4 Å². The summed E-state index contributed by atoms with van der Waals surface area (Å²) in [6.45, 7) is 7.27. The fourth-order valence-electron chi connectivity index (χ4n) is 3.67. The lowest BCUT2D eigenvalue weighted by atomic mass is 9.99. The van der Waals surface area contributed by atoms with Crippen LogP contribution in [0.25, 0.3) is 0 Å². The number of amides is 2. The maximum atomic E-state index is 12.4. The Morgan fingerprint density at radius 1 is 1.20 bits per heavy atom. The molecule has 2 heterocycles. The Hall–Kier alpha value is -1.88. The zero-order valence-corrected chi connectivity index (χ0v) is 15.1. The third kappa shape index (κ3) is 5.05. The summed E-state index contributed by atoms with van der Waals surface area (Å²) in [5.74, 6) is 0.715. The van der Waals surface area contributed by atoms with E-state index in [4.69, 9.17) is 0 Å². The summed E-state index contributed by atoms with van der Waals surface area (Å²) < 4.78 is 0. The molecule has 0 unspecified atom stereocenters. The van der Waals surface area contributed by atoms with Crippen LogP contribution in [0.4, 0.5) is 0 Å². The van der Waals surface area contributed by atoms with Gasteiger partial charge < -0.3 is 15.1 Å². The second kappa shape index (κ2) is 8.48. The maximum absolute atomic E-state index is 12.4. The van der Waals surface area contributed by atoms with Gasteiger partial charge >= 0.3 is 0 Å². The van der Waals surface area contributed by atoms with E-state index in [1.807, 2.05) is 30.3 Å². The second-order valence-electron chi connectivity index (χ2n) is 7.48. The van der Waals surface area contributed by atoms with Crippen molar-refractivity contribution in [3.63, 3.8) is 0 Å². The van der Waals surface area contributed by atoms with Crippen LogP contribution in [0.15, 0.2) is 30.3 Å². The van der Waals surface area contributed by atoms with Gasteiger partial charge in [-0.15, -0.1) is 0 Å². The highest BCUT2D eigenvalue weighted by molar-refractivity contribution is 5.89. The summed E-state index contributed by atoms with van der Waals surface area (Å²) in [6, 6.07) is 9.94. The van der Waals surface area contributed by atoms with Gasteiger partial charge in [0.25, 0.3) is 0 Å². The van der Waals surface area contributed by atoms with E-state index in [1.54, 1.807) is 4.90 Å². The summed E-state index contributed by atoms with van der Waals surface area (Å²) in [5, 5.41) is 3.03. The number of carbonyl (C=O) groups is 2. The first-order valence-electron chi connectivity index (χ1n) is 9.43. The maximum Gasteiger partial charge on any atom is 0.225 e. The van der Waals surface area contributed by atoms with Gasteiger partial charge in [0.05, 0.1) is 5.92 Å². The molecule has 136 valence electrons. The molecule has 0 spiro atoms. The number of benzene rings is 1. The van der Waals surface area contributed by atoms with Crippen LogP contribution >= 0.6 is 0 Å². The topological polar surface area (TPSA) is 52.7 Å². The molecule has 2 aliphatic heterocycles. The summed E-state index contributed by atoms with van der Waals surface area (Å²) in [5.41, 5.74) is 1.11. The molecular weight excluding hydrogens is 314 g/mol. The first-order chi connectivity index (χ1) is 12.1. The molecule has 1 N–H and O–H groups in total. The molecule has 2 amide bonds. The summed E-state index contributed by atoms with van der Waals surface area (Å²) >= 11 is 0. The molecule has 25 heavy (non-hydrogen) atoms. The third-order valence-electron chi connectivity index (χ3n) is 5.41. The normalized spacial score (nSPS) is 22.4. The minimum atomic E-state index is -0.211. The van der Waals surface area contributed by atoms with Gasteiger partial charge in [-0.3, -0.25) is 9.59 Å². The van der Waals surface area contributed by atoms with Crippen molar-refractivity contribution < 1.29 is 9.59 Å².